The van der Waals surface area contributed by atoms with E-state index in [1.165, 1.54) is 0 Å². The van der Waals surface area contributed by atoms with E-state index in [4.69, 9.17) is 10.5 Å². The highest BCUT2D eigenvalue weighted by atomic mass is 16.5. The predicted octanol–water partition coefficient (Wildman–Crippen LogP) is 0.719. The zero-order valence-electron chi connectivity index (χ0n) is 10.1. The number of carbonyl (C=O) groups is 1. The Kier molecular flexibility index (Phi) is 3.45. The van der Waals surface area contributed by atoms with Crippen molar-refractivity contribution in [2.45, 2.75) is 12.5 Å². The molecule has 1 amide bonds. The lowest BCUT2D eigenvalue weighted by Gasteiger charge is -2.34. The molecule has 1 aromatic carbocycles. The first-order valence-electron chi connectivity index (χ1n) is 5.84. The molecule has 92 valence electrons. The molecule has 17 heavy (non-hydrogen) atoms. The van der Waals surface area contributed by atoms with Gasteiger partial charge in [-0.1, -0.05) is 30.3 Å². The van der Waals surface area contributed by atoms with Gasteiger partial charge >= 0.3 is 0 Å². The van der Waals surface area contributed by atoms with Gasteiger partial charge in [0.2, 0.25) is 5.91 Å². The van der Waals surface area contributed by atoms with Gasteiger partial charge in [0.25, 0.3) is 0 Å². The fourth-order valence-corrected chi connectivity index (χ4v) is 2.00. The van der Waals surface area contributed by atoms with Crippen LogP contribution in [0, 0.1) is 0 Å². The quantitative estimate of drug-likeness (QED) is 0.820. The largest absolute Gasteiger partial charge is 0.378 e. The number of morpholine rings is 1. The van der Waals surface area contributed by atoms with Crippen LogP contribution in [-0.4, -0.2) is 37.1 Å². The average Bonchev–Trinajstić information content (AvgIpc) is 2.40. The van der Waals surface area contributed by atoms with Crippen LogP contribution >= 0.6 is 0 Å². The van der Waals surface area contributed by atoms with E-state index in [-0.39, 0.29) is 5.91 Å². The molecule has 0 bridgehead atoms. The molecular weight excluding hydrogens is 216 g/mol. The van der Waals surface area contributed by atoms with Gasteiger partial charge in [-0.3, -0.25) is 4.79 Å². The molecule has 1 aliphatic heterocycles. The van der Waals surface area contributed by atoms with Gasteiger partial charge in [-0.2, -0.15) is 0 Å². The number of nitrogens with zero attached hydrogens (tertiary/aromatic N) is 1. The minimum Gasteiger partial charge on any atom is -0.378 e. The maximum atomic E-state index is 12.4. The number of amides is 1. The molecule has 0 saturated carbocycles. The summed E-state index contributed by atoms with van der Waals surface area (Å²) in [6.07, 6.45) is 0. The van der Waals surface area contributed by atoms with Crippen molar-refractivity contribution in [1.82, 2.24) is 4.90 Å². The van der Waals surface area contributed by atoms with Gasteiger partial charge < -0.3 is 15.4 Å². The Morgan fingerprint density at radius 1 is 1.29 bits per heavy atom. The monoisotopic (exact) mass is 234 g/mol. The maximum absolute atomic E-state index is 12.4. The van der Waals surface area contributed by atoms with Crippen molar-refractivity contribution >= 4 is 5.91 Å². The molecule has 4 heteroatoms. The molecule has 0 aliphatic carbocycles. The summed E-state index contributed by atoms with van der Waals surface area (Å²) in [7, 11) is 0. The zero-order chi connectivity index (χ0) is 12.3. The standard InChI is InChI=1S/C13H18N2O2/c1-13(14,11-5-3-2-4-6-11)12(16)15-7-9-17-10-8-15/h2-6H,7-10,14H2,1H3/t13-/m0/s1. The molecular formula is C13H18N2O2. The molecule has 2 rings (SSSR count). The number of rotatable bonds is 2. The Morgan fingerprint density at radius 2 is 1.88 bits per heavy atom. The van der Waals surface area contributed by atoms with E-state index in [1.54, 1.807) is 11.8 Å². The van der Waals surface area contributed by atoms with Gasteiger partial charge in [0.05, 0.1) is 13.2 Å². The fraction of sp³-hybridized carbons (Fsp3) is 0.462. The highest BCUT2D eigenvalue weighted by Crippen LogP contribution is 2.20. The second-order valence-corrected chi connectivity index (χ2v) is 4.47. The summed E-state index contributed by atoms with van der Waals surface area (Å²) in [5.41, 5.74) is 6.06. The second-order valence-electron chi connectivity index (χ2n) is 4.47. The predicted molar refractivity (Wildman–Crippen MR) is 65.4 cm³/mol. The third-order valence-electron chi connectivity index (χ3n) is 3.12. The molecule has 2 N–H and O–H groups in total. The van der Waals surface area contributed by atoms with Crippen molar-refractivity contribution in [2.75, 3.05) is 26.3 Å². The van der Waals surface area contributed by atoms with Crippen molar-refractivity contribution in [2.24, 2.45) is 5.73 Å². The van der Waals surface area contributed by atoms with Gasteiger partial charge in [0.1, 0.15) is 5.54 Å². The van der Waals surface area contributed by atoms with E-state index in [0.29, 0.717) is 26.3 Å². The normalized spacial score (nSPS) is 19.8. The molecule has 1 aliphatic rings. The van der Waals surface area contributed by atoms with Crippen molar-refractivity contribution in [1.29, 1.82) is 0 Å². The lowest BCUT2D eigenvalue weighted by atomic mass is 9.91. The zero-order valence-corrected chi connectivity index (χ0v) is 10.1. The fourth-order valence-electron chi connectivity index (χ4n) is 2.00. The summed E-state index contributed by atoms with van der Waals surface area (Å²) in [5.74, 6) is -0.0352. The molecule has 1 aromatic rings. The van der Waals surface area contributed by atoms with Crippen LogP contribution < -0.4 is 5.73 Å². The minimum absolute atomic E-state index is 0.0352. The molecule has 1 heterocycles. The van der Waals surface area contributed by atoms with E-state index >= 15 is 0 Å². The Balaban J connectivity index is 2.17. The van der Waals surface area contributed by atoms with Crippen LogP contribution in [0.5, 0.6) is 0 Å². The molecule has 0 aromatic heterocycles. The summed E-state index contributed by atoms with van der Waals surface area (Å²) in [6, 6.07) is 9.48. The van der Waals surface area contributed by atoms with Gasteiger partial charge in [0.15, 0.2) is 0 Å². The number of ether oxygens (including phenoxy) is 1. The highest BCUT2D eigenvalue weighted by Gasteiger charge is 2.34. The van der Waals surface area contributed by atoms with Crippen molar-refractivity contribution in [3.63, 3.8) is 0 Å². The Bertz CT molecular complexity index is 384. The topological polar surface area (TPSA) is 55.6 Å². The number of carbonyl (C=O) groups excluding carboxylic acids is 1. The average molecular weight is 234 g/mol. The van der Waals surface area contributed by atoms with Crippen LogP contribution in [0.1, 0.15) is 12.5 Å². The minimum atomic E-state index is -0.960. The van der Waals surface area contributed by atoms with Crippen LogP contribution in [0.15, 0.2) is 30.3 Å². The lowest BCUT2D eigenvalue weighted by Crippen LogP contribution is -2.53. The third kappa shape index (κ3) is 2.48. The van der Waals surface area contributed by atoms with E-state index in [2.05, 4.69) is 0 Å². The van der Waals surface area contributed by atoms with Crippen molar-refractivity contribution in [3.8, 4) is 0 Å². The first-order chi connectivity index (χ1) is 8.12. The van der Waals surface area contributed by atoms with Crippen molar-refractivity contribution < 1.29 is 9.53 Å². The maximum Gasteiger partial charge on any atom is 0.247 e. The Labute approximate surface area is 101 Å². The Hall–Kier alpha value is -1.39. The first kappa shape index (κ1) is 12.1. The molecule has 0 radical (unpaired) electrons. The summed E-state index contributed by atoms with van der Waals surface area (Å²) in [4.78, 5) is 14.1. The van der Waals surface area contributed by atoms with E-state index in [0.717, 1.165) is 5.56 Å². The van der Waals surface area contributed by atoms with Gasteiger partial charge in [-0.15, -0.1) is 0 Å². The molecule has 0 unspecified atom stereocenters. The molecule has 1 fully saturated rings. The number of hydrogen-bond acceptors (Lipinski definition) is 3. The number of benzene rings is 1. The summed E-state index contributed by atoms with van der Waals surface area (Å²) >= 11 is 0. The number of nitrogens with two attached hydrogens (primary N) is 1. The van der Waals surface area contributed by atoms with Gasteiger partial charge in [-0.05, 0) is 12.5 Å². The number of hydrogen-bond donors (Lipinski definition) is 1. The SMILES string of the molecule is C[C@@](N)(C(=O)N1CCOCC1)c1ccccc1. The van der Waals surface area contributed by atoms with Gasteiger partial charge in [0, 0.05) is 13.1 Å². The van der Waals surface area contributed by atoms with Crippen LogP contribution in [0.3, 0.4) is 0 Å². The summed E-state index contributed by atoms with van der Waals surface area (Å²) in [5, 5.41) is 0. The smallest absolute Gasteiger partial charge is 0.247 e. The van der Waals surface area contributed by atoms with Crippen LogP contribution in [0.4, 0.5) is 0 Å². The van der Waals surface area contributed by atoms with Crippen molar-refractivity contribution in [3.05, 3.63) is 35.9 Å². The van der Waals surface area contributed by atoms with Crippen LogP contribution in [0.25, 0.3) is 0 Å². The third-order valence-corrected chi connectivity index (χ3v) is 3.12. The van der Waals surface area contributed by atoms with Crippen LogP contribution in [0.2, 0.25) is 0 Å². The lowest BCUT2D eigenvalue weighted by molar-refractivity contribution is -0.140. The van der Waals surface area contributed by atoms with E-state index < -0.39 is 5.54 Å². The van der Waals surface area contributed by atoms with E-state index in [9.17, 15) is 4.79 Å². The first-order valence-corrected chi connectivity index (χ1v) is 5.84. The molecule has 1 saturated heterocycles. The highest BCUT2D eigenvalue weighted by molar-refractivity contribution is 5.87. The summed E-state index contributed by atoms with van der Waals surface area (Å²) in [6.45, 7) is 4.20. The Morgan fingerprint density at radius 3 is 2.47 bits per heavy atom. The molecule has 1 atom stereocenters. The van der Waals surface area contributed by atoms with E-state index in [1.807, 2.05) is 30.3 Å². The summed E-state index contributed by atoms with van der Waals surface area (Å²) < 4.78 is 5.23. The molecule has 0 spiro atoms. The molecule has 4 nitrogen and oxygen atoms in total. The second kappa shape index (κ2) is 4.85. The van der Waals surface area contributed by atoms with Crippen LogP contribution in [-0.2, 0) is 15.1 Å². The van der Waals surface area contributed by atoms with Gasteiger partial charge in [-0.25, -0.2) is 0 Å².